The molecular formula is C16H22N4OS. The molecule has 0 aliphatic carbocycles. The fraction of sp³-hybridized carbons (Fsp3) is 0.562. The quantitative estimate of drug-likeness (QED) is 0.870. The molecule has 3 rings (SSSR count). The number of hydrogen-bond donors (Lipinski definition) is 0. The molecule has 1 aliphatic heterocycles. The van der Waals surface area contributed by atoms with Crippen LogP contribution in [0.2, 0.25) is 0 Å². The van der Waals surface area contributed by atoms with E-state index in [1.54, 1.807) is 17.7 Å². The normalized spacial score (nSPS) is 15.8. The van der Waals surface area contributed by atoms with E-state index in [2.05, 4.69) is 34.1 Å². The van der Waals surface area contributed by atoms with Gasteiger partial charge in [0.1, 0.15) is 12.1 Å². The Balaban J connectivity index is 1.69. The lowest BCUT2D eigenvalue weighted by Crippen LogP contribution is -2.50. The van der Waals surface area contributed by atoms with E-state index in [1.165, 1.54) is 0 Å². The van der Waals surface area contributed by atoms with Crippen molar-refractivity contribution in [3.63, 3.8) is 0 Å². The average Bonchev–Trinajstić information content (AvgIpc) is 3.04. The van der Waals surface area contributed by atoms with Gasteiger partial charge in [-0.2, -0.15) is 0 Å². The third-order valence-corrected chi connectivity index (χ3v) is 5.35. The van der Waals surface area contributed by atoms with Gasteiger partial charge in [0.05, 0.1) is 10.2 Å². The van der Waals surface area contributed by atoms with Gasteiger partial charge in [0.2, 0.25) is 5.91 Å². The number of anilines is 1. The molecular weight excluding hydrogens is 296 g/mol. The molecule has 6 heteroatoms. The number of thiophene rings is 1. The predicted molar refractivity (Wildman–Crippen MR) is 90.3 cm³/mol. The van der Waals surface area contributed by atoms with Crippen molar-refractivity contribution in [1.82, 2.24) is 14.9 Å². The maximum Gasteiger partial charge on any atom is 0.225 e. The summed E-state index contributed by atoms with van der Waals surface area (Å²) in [5.41, 5.74) is 1.01. The fourth-order valence-corrected chi connectivity index (χ4v) is 3.90. The Labute approximate surface area is 135 Å². The lowest BCUT2D eigenvalue weighted by atomic mass is 10.0. The molecule has 1 saturated heterocycles. The van der Waals surface area contributed by atoms with E-state index >= 15 is 0 Å². The first-order valence-electron chi connectivity index (χ1n) is 7.96. The summed E-state index contributed by atoms with van der Waals surface area (Å²) in [6, 6.07) is 2.03. The van der Waals surface area contributed by atoms with Crippen LogP contribution in [0.3, 0.4) is 0 Å². The van der Waals surface area contributed by atoms with Crippen molar-refractivity contribution in [2.75, 3.05) is 31.1 Å². The minimum absolute atomic E-state index is 0.176. The molecule has 2 aromatic heterocycles. The number of aromatic nitrogens is 2. The van der Waals surface area contributed by atoms with Gasteiger partial charge in [-0.15, -0.1) is 11.3 Å². The van der Waals surface area contributed by atoms with Crippen LogP contribution in [0.1, 0.15) is 26.7 Å². The number of carbonyl (C=O) groups is 1. The molecule has 3 heterocycles. The van der Waals surface area contributed by atoms with Crippen molar-refractivity contribution >= 4 is 33.3 Å². The molecule has 0 bridgehead atoms. The second-order valence-corrected chi connectivity index (χ2v) is 6.57. The van der Waals surface area contributed by atoms with Gasteiger partial charge in [0.25, 0.3) is 0 Å². The van der Waals surface area contributed by atoms with Gasteiger partial charge in [-0.3, -0.25) is 4.79 Å². The van der Waals surface area contributed by atoms with E-state index in [0.717, 1.165) is 55.1 Å². The van der Waals surface area contributed by atoms with Gasteiger partial charge in [0.15, 0.2) is 0 Å². The number of fused-ring (bicyclic) bond motifs is 1. The van der Waals surface area contributed by atoms with Crippen LogP contribution < -0.4 is 4.90 Å². The van der Waals surface area contributed by atoms with Crippen LogP contribution in [0.5, 0.6) is 0 Å². The Bertz CT molecular complexity index is 644. The average molecular weight is 318 g/mol. The van der Waals surface area contributed by atoms with E-state index in [-0.39, 0.29) is 5.92 Å². The van der Waals surface area contributed by atoms with Crippen molar-refractivity contribution in [2.24, 2.45) is 5.92 Å². The lowest BCUT2D eigenvalue weighted by Gasteiger charge is -2.36. The number of carbonyl (C=O) groups excluding carboxylic acids is 1. The van der Waals surface area contributed by atoms with E-state index < -0.39 is 0 Å². The first-order valence-corrected chi connectivity index (χ1v) is 8.84. The monoisotopic (exact) mass is 318 g/mol. The van der Waals surface area contributed by atoms with Gasteiger partial charge in [-0.1, -0.05) is 13.8 Å². The molecule has 0 N–H and O–H groups in total. The number of hydrogen-bond acceptors (Lipinski definition) is 5. The van der Waals surface area contributed by atoms with E-state index in [4.69, 9.17) is 0 Å². The van der Waals surface area contributed by atoms with Crippen LogP contribution in [-0.4, -0.2) is 47.0 Å². The van der Waals surface area contributed by atoms with Crippen molar-refractivity contribution in [1.29, 1.82) is 0 Å². The Morgan fingerprint density at radius 2 is 1.95 bits per heavy atom. The standard InChI is InChI=1S/C16H22N4OS/c1-3-12(4-2)16(21)20-8-6-19(7-9-20)15-14-13(5-10-22-14)17-11-18-15/h5,10-12H,3-4,6-9H2,1-2H3. The van der Waals surface area contributed by atoms with Crippen LogP contribution in [0, 0.1) is 5.92 Å². The molecule has 2 aromatic rings. The minimum atomic E-state index is 0.176. The number of rotatable bonds is 4. The summed E-state index contributed by atoms with van der Waals surface area (Å²) in [6.07, 6.45) is 3.49. The zero-order chi connectivity index (χ0) is 15.5. The molecule has 118 valence electrons. The van der Waals surface area contributed by atoms with E-state index in [9.17, 15) is 4.79 Å². The summed E-state index contributed by atoms with van der Waals surface area (Å²) in [7, 11) is 0. The molecule has 0 aromatic carbocycles. The maximum atomic E-state index is 12.5. The number of nitrogens with zero attached hydrogens (tertiary/aromatic N) is 4. The molecule has 0 atom stereocenters. The fourth-order valence-electron chi connectivity index (χ4n) is 3.04. The Morgan fingerprint density at radius 1 is 1.23 bits per heavy atom. The SMILES string of the molecule is CCC(CC)C(=O)N1CCN(c2ncnc3ccsc23)CC1. The summed E-state index contributed by atoms with van der Waals surface area (Å²) < 4.78 is 1.14. The Hall–Kier alpha value is -1.69. The number of piperazine rings is 1. The van der Waals surface area contributed by atoms with E-state index in [0.29, 0.717) is 5.91 Å². The second kappa shape index (κ2) is 6.60. The summed E-state index contributed by atoms with van der Waals surface area (Å²) in [4.78, 5) is 25.5. The summed E-state index contributed by atoms with van der Waals surface area (Å²) >= 11 is 1.68. The van der Waals surface area contributed by atoms with Crippen molar-refractivity contribution in [3.05, 3.63) is 17.8 Å². The van der Waals surface area contributed by atoms with Crippen LogP contribution >= 0.6 is 11.3 Å². The van der Waals surface area contributed by atoms with Gasteiger partial charge >= 0.3 is 0 Å². The molecule has 0 saturated carbocycles. The highest BCUT2D eigenvalue weighted by Crippen LogP contribution is 2.28. The van der Waals surface area contributed by atoms with Crippen molar-refractivity contribution in [2.45, 2.75) is 26.7 Å². The summed E-state index contributed by atoms with van der Waals surface area (Å²) in [5.74, 6) is 1.50. The van der Waals surface area contributed by atoms with Gasteiger partial charge in [0, 0.05) is 32.1 Å². The molecule has 0 unspecified atom stereocenters. The van der Waals surface area contributed by atoms with Crippen molar-refractivity contribution in [3.8, 4) is 0 Å². The van der Waals surface area contributed by atoms with Gasteiger partial charge < -0.3 is 9.80 Å². The van der Waals surface area contributed by atoms with Gasteiger partial charge in [-0.05, 0) is 24.3 Å². The maximum absolute atomic E-state index is 12.5. The number of amides is 1. The third kappa shape index (κ3) is 2.79. The summed E-state index contributed by atoms with van der Waals surface area (Å²) in [6.45, 7) is 7.44. The highest BCUT2D eigenvalue weighted by atomic mass is 32.1. The van der Waals surface area contributed by atoms with Crippen LogP contribution in [0.25, 0.3) is 10.2 Å². The minimum Gasteiger partial charge on any atom is -0.352 e. The highest BCUT2D eigenvalue weighted by Gasteiger charge is 2.26. The largest absolute Gasteiger partial charge is 0.352 e. The third-order valence-electron chi connectivity index (χ3n) is 4.45. The topological polar surface area (TPSA) is 49.3 Å². The smallest absolute Gasteiger partial charge is 0.225 e. The predicted octanol–water partition coefficient (Wildman–Crippen LogP) is 2.78. The molecule has 1 fully saturated rings. The van der Waals surface area contributed by atoms with Crippen LogP contribution in [0.4, 0.5) is 5.82 Å². The highest BCUT2D eigenvalue weighted by molar-refractivity contribution is 7.17. The second-order valence-electron chi connectivity index (χ2n) is 5.66. The van der Waals surface area contributed by atoms with Crippen LogP contribution in [0.15, 0.2) is 17.8 Å². The zero-order valence-corrected chi connectivity index (χ0v) is 14.0. The Morgan fingerprint density at radius 3 is 2.64 bits per heavy atom. The van der Waals surface area contributed by atoms with E-state index in [1.807, 2.05) is 11.0 Å². The molecule has 5 nitrogen and oxygen atoms in total. The molecule has 0 spiro atoms. The summed E-state index contributed by atoms with van der Waals surface area (Å²) in [5, 5.41) is 2.05. The van der Waals surface area contributed by atoms with Crippen LogP contribution in [-0.2, 0) is 4.79 Å². The van der Waals surface area contributed by atoms with Gasteiger partial charge in [-0.25, -0.2) is 9.97 Å². The zero-order valence-electron chi connectivity index (χ0n) is 13.2. The lowest BCUT2D eigenvalue weighted by molar-refractivity contribution is -0.136. The Kier molecular flexibility index (Phi) is 4.57. The molecule has 1 amide bonds. The first-order chi connectivity index (χ1) is 10.7. The molecule has 22 heavy (non-hydrogen) atoms. The molecule has 0 radical (unpaired) electrons. The first kappa shape index (κ1) is 15.2. The van der Waals surface area contributed by atoms with Crippen molar-refractivity contribution < 1.29 is 4.79 Å². The molecule has 1 aliphatic rings.